The summed E-state index contributed by atoms with van der Waals surface area (Å²) < 4.78 is 4.81. The van der Waals surface area contributed by atoms with Gasteiger partial charge >= 0.3 is 0 Å². The van der Waals surface area contributed by atoms with Crippen molar-refractivity contribution in [2.45, 2.75) is 26.2 Å². The molecule has 1 aliphatic carbocycles. The number of hydrogen-bond acceptors (Lipinski definition) is 1. The number of nitrogens with zero attached hydrogens (tertiary/aromatic N) is 3. The van der Waals surface area contributed by atoms with Crippen molar-refractivity contribution in [1.82, 2.24) is 8.97 Å². The van der Waals surface area contributed by atoms with Crippen LogP contribution >= 0.6 is 0 Å². The summed E-state index contributed by atoms with van der Waals surface area (Å²) in [7, 11) is 0. The van der Waals surface area contributed by atoms with Crippen LogP contribution in [0, 0.1) is 0 Å². The fraction of sp³-hybridized carbons (Fsp3) is 0.0625. The summed E-state index contributed by atoms with van der Waals surface area (Å²) >= 11 is 0. The molecule has 12 rings (SSSR count). The number of rotatable bonds is 10. The minimum absolute atomic E-state index is 0.268. The maximum Gasteiger partial charge on any atom is 0.0620 e. The Kier molecular flexibility index (Phi) is 9.20. The molecular formula is C64H49N3. The summed E-state index contributed by atoms with van der Waals surface area (Å²) in [5.74, 6) is 0. The number of anilines is 2. The van der Waals surface area contributed by atoms with Crippen LogP contribution in [0.1, 0.15) is 31.9 Å². The second-order valence-electron chi connectivity index (χ2n) is 18.3. The molecule has 0 unspecified atom stereocenters. The van der Waals surface area contributed by atoms with Gasteiger partial charge in [-0.1, -0.05) is 155 Å². The summed E-state index contributed by atoms with van der Waals surface area (Å²) in [5.41, 5.74) is 19.5. The van der Waals surface area contributed by atoms with E-state index in [-0.39, 0.29) is 5.41 Å². The van der Waals surface area contributed by atoms with Crippen LogP contribution < -0.4 is 4.90 Å². The molecule has 0 fully saturated rings. The van der Waals surface area contributed by atoms with Crippen LogP contribution in [0.5, 0.6) is 0 Å². The molecule has 0 atom stereocenters. The van der Waals surface area contributed by atoms with E-state index in [0.717, 1.165) is 33.9 Å². The highest BCUT2D eigenvalue weighted by Gasteiger charge is 2.36. The first-order valence-electron chi connectivity index (χ1n) is 23.1. The van der Waals surface area contributed by atoms with Crippen LogP contribution in [-0.2, 0) is 5.41 Å². The van der Waals surface area contributed by atoms with Gasteiger partial charge in [0.1, 0.15) is 0 Å². The molecule has 0 spiro atoms. The van der Waals surface area contributed by atoms with E-state index in [1.54, 1.807) is 6.08 Å². The Bertz CT molecular complexity index is 3820. The van der Waals surface area contributed by atoms with Crippen LogP contribution in [0.15, 0.2) is 243 Å². The third kappa shape index (κ3) is 6.12. The van der Waals surface area contributed by atoms with Crippen LogP contribution in [0.2, 0.25) is 0 Å². The smallest absolute Gasteiger partial charge is 0.0620 e. The lowest BCUT2D eigenvalue weighted by atomic mass is 9.81. The molecule has 3 heterocycles. The molecule has 0 bridgehead atoms. The van der Waals surface area contributed by atoms with Crippen molar-refractivity contribution in [1.29, 1.82) is 0 Å². The molecule has 0 amide bonds. The van der Waals surface area contributed by atoms with Crippen molar-refractivity contribution < 1.29 is 0 Å². The molecule has 3 nitrogen and oxygen atoms in total. The fourth-order valence-electron chi connectivity index (χ4n) is 11.0. The molecule has 3 aromatic heterocycles. The quantitative estimate of drug-likeness (QED) is 0.125. The first-order valence-corrected chi connectivity index (χ1v) is 23.1. The van der Waals surface area contributed by atoms with Gasteiger partial charge in [-0.3, -0.25) is 0 Å². The highest BCUT2D eigenvalue weighted by Crippen LogP contribution is 2.52. The van der Waals surface area contributed by atoms with Crippen molar-refractivity contribution in [2.75, 3.05) is 4.90 Å². The molecule has 0 saturated carbocycles. The summed E-state index contributed by atoms with van der Waals surface area (Å²) in [6.07, 6.45) is 12.0. The van der Waals surface area contributed by atoms with Crippen molar-refractivity contribution >= 4 is 71.3 Å². The van der Waals surface area contributed by atoms with Gasteiger partial charge in [0, 0.05) is 60.5 Å². The Morgan fingerprint density at radius 1 is 0.522 bits per heavy atom. The SMILES string of the molecule is C=C/C=C\C(=CC)C(=C)/C=C\C(=C)N(c1ccc(-n2c3ccccc3c3ccccc32)cc1)c1ccc2c(c1)C(C)(C)c1cc(-c3cc4c5ccccc5n5c6ccccc6c(c3)c45)ccc1-2. The summed E-state index contributed by atoms with van der Waals surface area (Å²) in [5, 5.41) is 7.65. The van der Waals surface area contributed by atoms with E-state index in [1.165, 1.54) is 93.3 Å². The van der Waals surface area contributed by atoms with Crippen LogP contribution in [0.4, 0.5) is 11.4 Å². The highest BCUT2D eigenvalue weighted by atomic mass is 15.1. The van der Waals surface area contributed by atoms with Crippen molar-refractivity contribution in [2.24, 2.45) is 0 Å². The maximum atomic E-state index is 4.70. The summed E-state index contributed by atoms with van der Waals surface area (Å²) in [6.45, 7) is 19.7. The molecule has 1 aliphatic rings. The first-order chi connectivity index (χ1) is 32.7. The average Bonchev–Trinajstić information content (AvgIpc) is 4.06. The van der Waals surface area contributed by atoms with E-state index in [9.17, 15) is 0 Å². The minimum atomic E-state index is -0.268. The highest BCUT2D eigenvalue weighted by molar-refractivity contribution is 6.24. The number of hydrogen-bond donors (Lipinski definition) is 0. The average molecular weight is 860 g/mol. The zero-order chi connectivity index (χ0) is 45.6. The maximum absolute atomic E-state index is 4.70. The molecule has 0 radical (unpaired) electrons. The predicted molar refractivity (Wildman–Crippen MR) is 288 cm³/mol. The zero-order valence-corrected chi connectivity index (χ0v) is 38.1. The van der Waals surface area contributed by atoms with Crippen LogP contribution in [-0.4, -0.2) is 8.97 Å². The van der Waals surface area contributed by atoms with Gasteiger partial charge in [-0.25, -0.2) is 0 Å². The van der Waals surface area contributed by atoms with Gasteiger partial charge in [0.15, 0.2) is 0 Å². The van der Waals surface area contributed by atoms with Crippen molar-refractivity contribution in [3.05, 3.63) is 254 Å². The second-order valence-corrected chi connectivity index (χ2v) is 18.3. The lowest BCUT2D eigenvalue weighted by Crippen LogP contribution is -2.18. The van der Waals surface area contributed by atoms with Crippen molar-refractivity contribution in [3.8, 4) is 27.9 Å². The lowest BCUT2D eigenvalue weighted by Gasteiger charge is -2.28. The summed E-state index contributed by atoms with van der Waals surface area (Å²) in [6, 6.07) is 62.7. The van der Waals surface area contributed by atoms with E-state index >= 15 is 0 Å². The van der Waals surface area contributed by atoms with Gasteiger partial charge in [0.05, 0.1) is 27.6 Å². The van der Waals surface area contributed by atoms with Gasteiger partial charge in [-0.15, -0.1) is 0 Å². The molecule has 0 aliphatic heterocycles. The van der Waals surface area contributed by atoms with E-state index < -0.39 is 0 Å². The van der Waals surface area contributed by atoms with Gasteiger partial charge in [-0.05, 0) is 136 Å². The predicted octanol–water partition coefficient (Wildman–Crippen LogP) is 17.4. The summed E-state index contributed by atoms with van der Waals surface area (Å²) in [4.78, 5) is 2.27. The number of benzene rings is 8. The lowest BCUT2D eigenvalue weighted by molar-refractivity contribution is 0.660. The van der Waals surface area contributed by atoms with Gasteiger partial charge in [0.25, 0.3) is 0 Å². The number of fused-ring (bicyclic) bond motifs is 12. The van der Waals surface area contributed by atoms with E-state index in [4.69, 9.17) is 6.58 Å². The number of allylic oxidation sites excluding steroid dienone is 8. The Morgan fingerprint density at radius 3 is 1.63 bits per heavy atom. The Morgan fingerprint density at radius 2 is 1.04 bits per heavy atom. The monoisotopic (exact) mass is 859 g/mol. The van der Waals surface area contributed by atoms with E-state index in [1.807, 2.05) is 19.1 Å². The topological polar surface area (TPSA) is 12.6 Å². The zero-order valence-electron chi connectivity index (χ0n) is 38.1. The third-order valence-corrected chi connectivity index (χ3v) is 14.3. The second kappa shape index (κ2) is 15.4. The standard InChI is InChI=1S/C64H49N3/c1-7-9-18-43(8-2)41(3)27-28-42(4)65(46-30-32-47(33-31-46)66-59-23-14-10-19-51(59)52-20-11-15-24-60(52)66)48-34-36-50-49-35-29-44(39-57(49)64(5,6)58(50)40-48)45-37-55-53-21-12-16-25-61(53)67-62-26-17-13-22-54(62)56(38-45)63(55)67/h7-40H,1,3-4H2,2,5-6H3/b18-9-,28-27-,43-8?. The van der Waals surface area contributed by atoms with Gasteiger partial charge < -0.3 is 13.9 Å². The molecule has 0 N–H and O–H groups in total. The largest absolute Gasteiger partial charge is 0.311 e. The van der Waals surface area contributed by atoms with Crippen molar-refractivity contribution in [3.63, 3.8) is 0 Å². The number of aromatic nitrogens is 2. The van der Waals surface area contributed by atoms with Crippen LogP contribution in [0.3, 0.4) is 0 Å². The molecule has 11 aromatic rings. The number of para-hydroxylation sites is 4. The van der Waals surface area contributed by atoms with Gasteiger partial charge in [0.2, 0.25) is 0 Å². The molecule has 0 saturated heterocycles. The third-order valence-electron chi connectivity index (χ3n) is 14.3. The fourth-order valence-corrected chi connectivity index (χ4v) is 11.0. The first kappa shape index (κ1) is 40.1. The van der Waals surface area contributed by atoms with E-state index in [0.29, 0.717) is 0 Å². The Balaban J connectivity index is 0.950. The van der Waals surface area contributed by atoms with E-state index in [2.05, 4.69) is 229 Å². The molecule has 8 aromatic carbocycles. The molecule has 320 valence electrons. The van der Waals surface area contributed by atoms with Crippen LogP contribution in [0.25, 0.3) is 87.8 Å². The Labute approximate surface area is 391 Å². The molecule has 3 heteroatoms. The van der Waals surface area contributed by atoms with Gasteiger partial charge in [-0.2, -0.15) is 0 Å². The molecular weight excluding hydrogens is 811 g/mol. The molecule has 67 heavy (non-hydrogen) atoms. The Hall–Kier alpha value is -8.40. The normalized spacial score (nSPS) is 13.6. The minimum Gasteiger partial charge on any atom is -0.311 e.